The van der Waals surface area contributed by atoms with E-state index in [2.05, 4.69) is 17.1 Å². The van der Waals surface area contributed by atoms with E-state index in [0.29, 0.717) is 47.5 Å². The predicted molar refractivity (Wildman–Crippen MR) is 115 cm³/mol. The van der Waals surface area contributed by atoms with Crippen LogP contribution in [0.1, 0.15) is 19.8 Å². The molecule has 31 heavy (non-hydrogen) atoms. The van der Waals surface area contributed by atoms with Gasteiger partial charge in [-0.1, -0.05) is 18.1 Å². The summed E-state index contributed by atoms with van der Waals surface area (Å²) in [5, 5.41) is 4.04. The van der Waals surface area contributed by atoms with Gasteiger partial charge < -0.3 is 14.0 Å². The molecule has 0 amide bonds. The maximum absolute atomic E-state index is 12.9. The number of hydrogen-bond donors (Lipinski definition) is 0. The van der Waals surface area contributed by atoms with Crippen molar-refractivity contribution in [1.29, 1.82) is 0 Å². The summed E-state index contributed by atoms with van der Waals surface area (Å²) >= 11 is 0. The van der Waals surface area contributed by atoms with Crippen LogP contribution in [0.5, 0.6) is 11.5 Å². The first-order valence-electron chi connectivity index (χ1n) is 10.1. The average Bonchev–Trinajstić information content (AvgIpc) is 3.29. The number of hydrogen-bond acceptors (Lipinski definition) is 7. The predicted octanol–water partition coefficient (Wildman–Crippen LogP) is 3.84. The molecule has 0 N–H and O–H groups in total. The number of rotatable bonds is 6. The van der Waals surface area contributed by atoms with Gasteiger partial charge in [0.25, 0.3) is 5.89 Å². The highest BCUT2D eigenvalue weighted by Crippen LogP contribution is 2.37. The van der Waals surface area contributed by atoms with E-state index in [0.717, 1.165) is 12.8 Å². The first-order chi connectivity index (χ1) is 14.9. The van der Waals surface area contributed by atoms with Gasteiger partial charge in [-0.15, -0.1) is 0 Å². The summed E-state index contributed by atoms with van der Waals surface area (Å²) in [4.78, 5) is 4.72. The molecule has 0 aliphatic carbocycles. The maximum atomic E-state index is 12.9. The van der Waals surface area contributed by atoms with Crippen molar-refractivity contribution < 1.29 is 22.4 Å². The number of piperidine rings is 1. The summed E-state index contributed by atoms with van der Waals surface area (Å²) in [6.07, 6.45) is 1.77. The van der Waals surface area contributed by atoms with Crippen LogP contribution in [-0.4, -0.2) is 50.2 Å². The third-order valence-corrected chi connectivity index (χ3v) is 7.47. The Bertz CT molecular complexity index is 1150. The lowest BCUT2D eigenvalue weighted by atomic mass is 10.0. The minimum atomic E-state index is -3.50. The summed E-state index contributed by atoms with van der Waals surface area (Å²) in [5.74, 6) is 2.25. The Kier molecular flexibility index (Phi) is 5.97. The van der Waals surface area contributed by atoms with Gasteiger partial charge in [0, 0.05) is 18.7 Å². The molecule has 3 aromatic rings. The van der Waals surface area contributed by atoms with E-state index in [4.69, 9.17) is 14.0 Å². The highest BCUT2D eigenvalue weighted by molar-refractivity contribution is 7.89. The number of sulfonamides is 1. The number of para-hydroxylation sites is 1. The Morgan fingerprint density at radius 2 is 1.74 bits per heavy atom. The molecule has 8 nitrogen and oxygen atoms in total. The van der Waals surface area contributed by atoms with Gasteiger partial charge in [0.15, 0.2) is 11.5 Å². The van der Waals surface area contributed by atoms with E-state index in [-0.39, 0.29) is 10.8 Å². The fourth-order valence-corrected chi connectivity index (χ4v) is 5.13. The van der Waals surface area contributed by atoms with Gasteiger partial charge in [-0.25, -0.2) is 8.42 Å². The lowest BCUT2D eigenvalue weighted by molar-refractivity contribution is 0.288. The standard InChI is InChI=1S/C22H25N3O5S/c1-15-11-13-25(14-12-15)31(26,27)17-9-7-16(8-10-17)21-23-22(30-24-21)18-5-4-6-19(28-2)20(18)29-3/h4-10,15H,11-14H2,1-3H3. The second-order valence-corrected chi connectivity index (χ2v) is 9.51. The Labute approximate surface area is 181 Å². The highest BCUT2D eigenvalue weighted by Gasteiger charge is 2.28. The van der Waals surface area contributed by atoms with Crippen LogP contribution in [-0.2, 0) is 10.0 Å². The van der Waals surface area contributed by atoms with Crippen LogP contribution in [0.25, 0.3) is 22.8 Å². The van der Waals surface area contributed by atoms with Crippen molar-refractivity contribution in [1.82, 2.24) is 14.4 Å². The molecule has 0 atom stereocenters. The Morgan fingerprint density at radius 3 is 2.39 bits per heavy atom. The van der Waals surface area contributed by atoms with Crippen LogP contribution >= 0.6 is 0 Å². The van der Waals surface area contributed by atoms with Gasteiger partial charge in [-0.05, 0) is 55.2 Å². The zero-order valence-corrected chi connectivity index (χ0v) is 18.6. The van der Waals surface area contributed by atoms with Crippen molar-refractivity contribution in [3.63, 3.8) is 0 Å². The first-order valence-corrected chi connectivity index (χ1v) is 11.5. The molecule has 1 saturated heterocycles. The third-order valence-electron chi connectivity index (χ3n) is 5.55. The molecular weight excluding hydrogens is 418 g/mol. The van der Waals surface area contributed by atoms with Crippen molar-refractivity contribution in [2.75, 3.05) is 27.3 Å². The van der Waals surface area contributed by atoms with Gasteiger partial charge in [0.05, 0.1) is 24.7 Å². The molecule has 0 saturated carbocycles. The molecule has 0 spiro atoms. The normalized spacial score (nSPS) is 15.7. The zero-order valence-electron chi connectivity index (χ0n) is 17.7. The number of benzene rings is 2. The summed E-state index contributed by atoms with van der Waals surface area (Å²) in [5.41, 5.74) is 1.27. The van der Waals surface area contributed by atoms with Crippen LogP contribution < -0.4 is 9.47 Å². The maximum Gasteiger partial charge on any atom is 0.262 e. The van der Waals surface area contributed by atoms with E-state index in [1.807, 2.05) is 6.07 Å². The van der Waals surface area contributed by atoms with Gasteiger partial charge in [-0.2, -0.15) is 9.29 Å². The topological polar surface area (TPSA) is 94.8 Å². The molecule has 1 aromatic heterocycles. The Balaban J connectivity index is 1.58. The number of aromatic nitrogens is 2. The second kappa shape index (κ2) is 8.68. The van der Waals surface area contributed by atoms with E-state index in [1.165, 1.54) is 0 Å². The molecule has 164 valence electrons. The van der Waals surface area contributed by atoms with Crippen molar-refractivity contribution in [3.8, 4) is 34.3 Å². The van der Waals surface area contributed by atoms with Crippen molar-refractivity contribution in [2.45, 2.75) is 24.7 Å². The van der Waals surface area contributed by atoms with E-state index in [1.54, 1.807) is 54.9 Å². The monoisotopic (exact) mass is 443 g/mol. The summed E-state index contributed by atoms with van der Waals surface area (Å²) in [6.45, 7) is 3.27. The summed E-state index contributed by atoms with van der Waals surface area (Å²) < 4.78 is 43.6. The van der Waals surface area contributed by atoms with Gasteiger partial charge >= 0.3 is 0 Å². The largest absolute Gasteiger partial charge is 0.493 e. The fraction of sp³-hybridized carbons (Fsp3) is 0.364. The number of ether oxygens (including phenoxy) is 2. The lowest BCUT2D eigenvalue weighted by Gasteiger charge is -2.29. The Hall–Kier alpha value is -2.91. The molecular formula is C22H25N3O5S. The first kappa shape index (κ1) is 21.3. The molecule has 1 aliphatic rings. The summed E-state index contributed by atoms with van der Waals surface area (Å²) in [7, 11) is -0.401. The van der Waals surface area contributed by atoms with Crippen LogP contribution in [0.2, 0.25) is 0 Å². The average molecular weight is 444 g/mol. The van der Waals surface area contributed by atoms with E-state index >= 15 is 0 Å². The minimum Gasteiger partial charge on any atom is -0.493 e. The quantitative estimate of drug-likeness (QED) is 0.571. The van der Waals surface area contributed by atoms with Crippen molar-refractivity contribution >= 4 is 10.0 Å². The van der Waals surface area contributed by atoms with E-state index < -0.39 is 10.0 Å². The number of nitrogens with zero attached hydrogens (tertiary/aromatic N) is 3. The molecule has 2 aromatic carbocycles. The SMILES string of the molecule is COc1cccc(-c2nc(-c3ccc(S(=O)(=O)N4CCC(C)CC4)cc3)no2)c1OC. The van der Waals surface area contributed by atoms with Crippen LogP contribution in [0, 0.1) is 5.92 Å². The van der Waals surface area contributed by atoms with E-state index in [9.17, 15) is 8.42 Å². The number of methoxy groups -OCH3 is 2. The smallest absolute Gasteiger partial charge is 0.262 e. The molecule has 0 radical (unpaired) electrons. The van der Waals surface area contributed by atoms with Crippen molar-refractivity contribution in [3.05, 3.63) is 42.5 Å². The summed E-state index contributed by atoms with van der Waals surface area (Å²) in [6, 6.07) is 11.9. The minimum absolute atomic E-state index is 0.268. The van der Waals surface area contributed by atoms with Crippen LogP contribution in [0.3, 0.4) is 0 Å². The van der Waals surface area contributed by atoms with Gasteiger partial charge in [-0.3, -0.25) is 0 Å². The van der Waals surface area contributed by atoms with Crippen LogP contribution in [0.15, 0.2) is 51.9 Å². The molecule has 2 heterocycles. The fourth-order valence-electron chi connectivity index (χ4n) is 3.66. The second-order valence-electron chi connectivity index (χ2n) is 7.58. The zero-order chi connectivity index (χ0) is 22.0. The van der Waals surface area contributed by atoms with Crippen molar-refractivity contribution in [2.24, 2.45) is 5.92 Å². The van der Waals surface area contributed by atoms with Gasteiger partial charge in [0.1, 0.15) is 0 Å². The molecule has 9 heteroatoms. The third kappa shape index (κ3) is 4.15. The highest BCUT2D eigenvalue weighted by atomic mass is 32.2. The molecule has 4 rings (SSSR count). The Morgan fingerprint density at radius 1 is 1.03 bits per heavy atom. The van der Waals surface area contributed by atoms with Gasteiger partial charge in [0.2, 0.25) is 15.8 Å². The lowest BCUT2D eigenvalue weighted by Crippen LogP contribution is -2.37. The molecule has 0 bridgehead atoms. The molecule has 1 fully saturated rings. The van der Waals surface area contributed by atoms with Crippen LogP contribution in [0.4, 0.5) is 0 Å². The molecule has 0 unspecified atom stereocenters. The molecule has 1 aliphatic heterocycles.